The average Bonchev–Trinajstić information content (AvgIpc) is 2.75. The van der Waals surface area contributed by atoms with Crippen molar-refractivity contribution in [2.75, 3.05) is 25.0 Å². The standard InChI is InChI=1S/C24H33N3O4/c1-6-12-27(13-7-2)23(29)19-14-21(24(30)26(5)15-19)25-22(28)16-31-20-10-8-18(9-11-20)17(3)4/h8-11,14-15,17H,6-7,12-13,16H2,1-5H3,(H,25,28). The molecule has 1 aromatic heterocycles. The summed E-state index contributed by atoms with van der Waals surface area (Å²) in [5, 5.41) is 2.58. The van der Waals surface area contributed by atoms with E-state index in [0.717, 1.165) is 12.8 Å². The van der Waals surface area contributed by atoms with Crippen LogP contribution in [0.15, 0.2) is 41.3 Å². The number of aromatic nitrogens is 1. The number of anilines is 1. The molecule has 1 heterocycles. The number of pyridine rings is 1. The van der Waals surface area contributed by atoms with E-state index in [4.69, 9.17) is 4.74 Å². The Morgan fingerprint density at radius 1 is 1.10 bits per heavy atom. The normalized spacial score (nSPS) is 10.8. The van der Waals surface area contributed by atoms with Crippen molar-refractivity contribution >= 4 is 17.5 Å². The molecule has 0 aliphatic heterocycles. The smallest absolute Gasteiger partial charge is 0.274 e. The Bertz CT molecular complexity index is 942. The number of rotatable bonds is 10. The molecule has 2 amide bonds. The number of hydrogen-bond donors (Lipinski definition) is 1. The third-order valence-electron chi connectivity index (χ3n) is 4.90. The van der Waals surface area contributed by atoms with E-state index in [9.17, 15) is 14.4 Å². The van der Waals surface area contributed by atoms with Crippen molar-refractivity contribution in [2.24, 2.45) is 7.05 Å². The first-order chi connectivity index (χ1) is 14.8. The van der Waals surface area contributed by atoms with Gasteiger partial charge in [-0.05, 0) is 42.5 Å². The van der Waals surface area contributed by atoms with Crippen LogP contribution < -0.4 is 15.6 Å². The molecule has 2 rings (SSSR count). The predicted molar refractivity (Wildman–Crippen MR) is 123 cm³/mol. The summed E-state index contributed by atoms with van der Waals surface area (Å²) in [5.74, 6) is 0.366. The molecule has 0 bridgehead atoms. The summed E-state index contributed by atoms with van der Waals surface area (Å²) in [5.41, 5.74) is 1.22. The zero-order chi connectivity index (χ0) is 23.0. The van der Waals surface area contributed by atoms with E-state index >= 15 is 0 Å². The summed E-state index contributed by atoms with van der Waals surface area (Å²) >= 11 is 0. The molecule has 0 atom stereocenters. The molecule has 0 aliphatic carbocycles. The third-order valence-corrected chi connectivity index (χ3v) is 4.90. The average molecular weight is 428 g/mol. The molecule has 0 aliphatic rings. The monoisotopic (exact) mass is 427 g/mol. The Morgan fingerprint density at radius 3 is 2.26 bits per heavy atom. The van der Waals surface area contributed by atoms with Gasteiger partial charge in [0, 0.05) is 26.3 Å². The van der Waals surface area contributed by atoms with Crippen LogP contribution in [-0.4, -0.2) is 41.0 Å². The summed E-state index contributed by atoms with van der Waals surface area (Å²) in [6, 6.07) is 8.99. The van der Waals surface area contributed by atoms with Gasteiger partial charge in [0.05, 0.1) is 5.56 Å². The Labute approximate surface area is 184 Å². The zero-order valence-corrected chi connectivity index (χ0v) is 19.1. The molecule has 0 saturated carbocycles. The molecule has 0 unspecified atom stereocenters. The fourth-order valence-electron chi connectivity index (χ4n) is 3.24. The molecule has 0 radical (unpaired) electrons. The summed E-state index contributed by atoms with van der Waals surface area (Å²) < 4.78 is 6.84. The van der Waals surface area contributed by atoms with Crippen molar-refractivity contribution in [1.29, 1.82) is 0 Å². The van der Waals surface area contributed by atoms with Crippen molar-refractivity contribution in [1.82, 2.24) is 9.47 Å². The van der Waals surface area contributed by atoms with Crippen LogP contribution in [0.1, 0.15) is 62.4 Å². The summed E-state index contributed by atoms with van der Waals surface area (Å²) in [4.78, 5) is 39.5. The van der Waals surface area contributed by atoms with E-state index < -0.39 is 5.91 Å². The van der Waals surface area contributed by atoms with Gasteiger partial charge in [0.2, 0.25) is 0 Å². The SMILES string of the molecule is CCCN(CCC)C(=O)c1cc(NC(=O)COc2ccc(C(C)C)cc2)c(=O)n(C)c1. The van der Waals surface area contributed by atoms with Crippen LogP contribution in [0.2, 0.25) is 0 Å². The van der Waals surface area contributed by atoms with Crippen molar-refractivity contribution in [3.05, 3.63) is 58.0 Å². The minimum atomic E-state index is -0.464. The van der Waals surface area contributed by atoms with Crippen LogP contribution in [0.3, 0.4) is 0 Å². The lowest BCUT2D eigenvalue weighted by Crippen LogP contribution is -2.34. The highest BCUT2D eigenvalue weighted by Gasteiger charge is 2.18. The van der Waals surface area contributed by atoms with Gasteiger partial charge < -0.3 is 19.5 Å². The lowest BCUT2D eigenvalue weighted by Gasteiger charge is -2.22. The quantitative estimate of drug-likeness (QED) is 0.626. The molecular formula is C24H33N3O4. The van der Waals surface area contributed by atoms with E-state index in [2.05, 4.69) is 19.2 Å². The van der Waals surface area contributed by atoms with E-state index in [1.54, 1.807) is 11.9 Å². The maximum Gasteiger partial charge on any atom is 0.274 e. The Hall–Kier alpha value is -3.09. The maximum atomic E-state index is 12.9. The van der Waals surface area contributed by atoms with E-state index in [0.29, 0.717) is 30.3 Å². The maximum absolute atomic E-state index is 12.9. The van der Waals surface area contributed by atoms with E-state index in [-0.39, 0.29) is 23.8 Å². The van der Waals surface area contributed by atoms with Gasteiger partial charge in [0.15, 0.2) is 6.61 Å². The van der Waals surface area contributed by atoms with Gasteiger partial charge in [-0.2, -0.15) is 0 Å². The van der Waals surface area contributed by atoms with Gasteiger partial charge in [0.1, 0.15) is 11.4 Å². The lowest BCUT2D eigenvalue weighted by molar-refractivity contribution is -0.118. The van der Waals surface area contributed by atoms with Gasteiger partial charge in [-0.25, -0.2) is 0 Å². The molecular weight excluding hydrogens is 394 g/mol. The van der Waals surface area contributed by atoms with Crippen LogP contribution in [-0.2, 0) is 11.8 Å². The predicted octanol–water partition coefficient (Wildman–Crippen LogP) is 3.79. The second-order valence-corrected chi connectivity index (χ2v) is 7.91. The first-order valence-corrected chi connectivity index (χ1v) is 10.8. The molecule has 7 nitrogen and oxygen atoms in total. The van der Waals surface area contributed by atoms with Crippen molar-refractivity contribution in [3.8, 4) is 5.75 Å². The number of hydrogen-bond acceptors (Lipinski definition) is 4. The summed E-state index contributed by atoms with van der Waals surface area (Å²) in [7, 11) is 1.56. The highest BCUT2D eigenvalue weighted by molar-refractivity contribution is 5.97. The Morgan fingerprint density at radius 2 is 1.71 bits per heavy atom. The van der Waals surface area contributed by atoms with Crippen molar-refractivity contribution < 1.29 is 14.3 Å². The second kappa shape index (κ2) is 11.3. The highest BCUT2D eigenvalue weighted by atomic mass is 16.5. The number of nitrogens with one attached hydrogen (secondary N) is 1. The highest BCUT2D eigenvalue weighted by Crippen LogP contribution is 2.18. The first-order valence-electron chi connectivity index (χ1n) is 10.8. The molecule has 7 heteroatoms. The second-order valence-electron chi connectivity index (χ2n) is 7.91. The molecule has 0 spiro atoms. The number of aryl methyl sites for hydroxylation is 1. The van der Waals surface area contributed by atoms with Gasteiger partial charge in [-0.1, -0.05) is 39.8 Å². The minimum Gasteiger partial charge on any atom is -0.484 e. The molecule has 1 aromatic carbocycles. The molecule has 2 aromatic rings. The van der Waals surface area contributed by atoms with Gasteiger partial charge in [-0.15, -0.1) is 0 Å². The topological polar surface area (TPSA) is 80.6 Å². The largest absolute Gasteiger partial charge is 0.484 e. The number of benzene rings is 1. The molecule has 0 fully saturated rings. The molecule has 168 valence electrons. The van der Waals surface area contributed by atoms with Crippen molar-refractivity contribution in [3.63, 3.8) is 0 Å². The van der Waals surface area contributed by atoms with E-state index in [1.165, 1.54) is 22.4 Å². The number of carbonyl (C=O) groups is 2. The minimum absolute atomic E-state index is 0.0602. The number of amides is 2. The van der Waals surface area contributed by atoms with E-state index in [1.807, 2.05) is 38.1 Å². The number of nitrogens with zero attached hydrogens (tertiary/aromatic N) is 2. The van der Waals surface area contributed by atoms with Gasteiger partial charge >= 0.3 is 0 Å². The van der Waals surface area contributed by atoms with Crippen molar-refractivity contribution in [2.45, 2.75) is 46.5 Å². The lowest BCUT2D eigenvalue weighted by atomic mass is 10.0. The first kappa shape index (κ1) is 24.2. The van der Waals surface area contributed by atoms with Crippen LogP contribution in [0.4, 0.5) is 5.69 Å². The number of ether oxygens (including phenoxy) is 1. The fraction of sp³-hybridized carbons (Fsp3) is 0.458. The van der Waals surface area contributed by atoms with Gasteiger partial charge in [0.25, 0.3) is 17.4 Å². The summed E-state index contributed by atoms with van der Waals surface area (Å²) in [6.07, 6.45) is 3.19. The Balaban J connectivity index is 2.10. The van der Waals surface area contributed by atoms with Crippen LogP contribution in [0.25, 0.3) is 0 Å². The Kier molecular flexibility index (Phi) is 8.85. The van der Waals surface area contributed by atoms with Crippen LogP contribution in [0, 0.1) is 0 Å². The third kappa shape index (κ3) is 6.70. The van der Waals surface area contributed by atoms with Crippen LogP contribution in [0.5, 0.6) is 5.75 Å². The number of carbonyl (C=O) groups excluding carboxylic acids is 2. The van der Waals surface area contributed by atoms with Crippen LogP contribution >= 0.6 is 0 Å². The fourth-order valence-corrected chi connectivity index (χ4v) is 3.24. The van der Waals surface area contributed by atoms with Gasteiger partial charge in [-0.3, -0.25) is 14.4 Å². The molecule has 0 saturated heterocycles. The zero-order valence-electron chi connectivity index (χ0n) is 19.1. The molecule has 1 N–H and O–H groups in total. The molecule has 31 heavy (non-hydrogen) atoms. The summed E-state index contributed by atoms with van der Waals surface area (Å²) in [6.45, 7) is 9.28.